The van der Waals surface area contributed by atoms with Crippen LogP contribution in [0, 0.1) is 11.8 Å². The molecular formula is C12H22O2Si. The average Bonchev–Trinajstić information content (AvgIpc) is 2.08. The van der Waals surface area contributed by atoms with E-state index in [0.717, 1.165) is 12.2 Å². The molecule has 3 heteroatoms. The van der Waals surface area contributed by atoms with E-state index in [9.17, 15) is 5.11 Å². The molecule has 3 atom stereocenters. The predicted molar refractivity (Wildman–Crippen MR) is 66.0 cm³/mol. The lowest BCUT2D eigenvalue weighted by Crippen LogP contribution is -2.32. The van der Waals surface area contributed by atoms with Gasteiger partial charge in [-0.05, 0) is 38.1 Å². The molecule has 0 saturated carbocycles. The van der Waals surface area contributed by atoms with Crippen LogP contribution < -0.4 is 0 Å². The highest BCUT2D eigenvalue weighted by molar-refractivity contribution is 6.70. The zero-order valence-electron chi connectivity index (χ0n) is 10.2. The van der Waals surface area contributed by atoms with Gasteiger partial charge in [0, 0.05) is 5.92 Å². The SMILES string of the molecule is C=C[C@H]1C[C@@H](C)[C@H](O)C=C1O[Si](C)(C)C. The third-order valence-corrected chi connectivity index (χ3v) is 3.47. The van der Waals surface area contributed by atoms with Gasteiger partial charge in [-0.3, -0.25) is 0 Å². The lowest BCUT2D eigenvalue weighted by Gasteiger charge is -2.33. The summed E-state index contributed by atoms with van der Waals surface area (Å²) < 4.78 is 5.97. The van der Waals surface area contributed by atoms with E-state index < -0.39 is 8.32 Å². The quantitative estimate of drug-likeness (QED) is 0.592. The third kappa shape index (κ3) is 3.50. The maximum atomic E-state index is 9.78. The van der Waals surface area contributed by atoms with Crippen molar-refractivity contribution in [2.45, 2.75) is 39.1 Å². The van der Waals surface area contributed by atoms with Crippen LogP contribution in [0.2, 0.25) is 19.6 Å². The van der Waals surface area contributed by atoms with Crippen molar-refractivity contribution < 1.29 is 9.53 Å². The van der Waals surface area contributed by atoms with Gasteiger partial charge in [0.05, 0.1) is 11.9 Å². The minimum Gasteiger partial charge on any atom is -0.547 e. The van der Waals surface area contributed by atoms with Crippen LogP contribution in [0.25, 0.3) is 0 Å². The summed E-state index contributed by atoms with van der Waals surface area (Å²) in [6.45, 7) is 12.3. The predicted octanol–water partition coefficient (Wildman–Crippen LogP) is 2.92. The molecule has 15 heavy (non-hydrogen) atoms. The fraction of sp³-hybridized carbons (Fsp3) is 0.667. The lowest BCUT2D eigenvalue weighted by atomic mass is 9.85. The molecule has 0 radical (unpaired) electrons. The van der Waals surface area contributed by atoms with E-state index in [1.165, 1.54) is 0 Å². The van der Waals surface area contributed by atoms with Gasteiger partial charge in [-0.15, -0.1) is 6.58 Å². The van der Waals surface area contributed by atoms with Gasteiger partial charge in [0.25, 0.3) is 0 Å². The molecule has 0 bridgehead atoms. The number of rotatable bonds is 3. The monoisotopic (exact) mass is 226 g/mol. The van der Waals surface area contributed by atoms with Gasteiger partial charge in [0.1, 0.15) is 0 Å². The van der Waals surface area contributed by atoms with Gasteiger partial charge in [-0.1, -0.05) is 13.0 Å². The molecule has 0 aromatic heterocycles. The fourth-order valence-corrected chi connectivity index (χ4v) is 2.71. The molecule has 0 aliphatic heterocycles. The van der Waals surface area contributed by atoms with Gasteiger partial charge in [-0.25, -0.2) is 0 Å². The first-order chi connectivity index (χ1) is 6.83. The fourth-order valence-electron chi connectivity index (χ4n) is 1.79. The van der Waals surface area contributed by atoms with Crippen molar-refractivity contribution in [2.75, 3.05) is 0 Å². The Balaban J connectivity index is 2.83. The van der Waals surface area contributed by atoms with Crippen LogP contribution in [0.3, 0.4) is 0 Å². The van der Waals surface area contributed by atoms with Crippen molar-refractivity contribution in [3.63, 3.8) is 0 Å². The van der Waals surface area contributed by atoms with E-state index >= 15 is 0 Å². The summed E-state index contributed by atoms with van der Waals surface area (Å²) in [5.74, 6) is 1.49. The minimum absolute atomic E-state index is 0.273. The summed E-state index contributed by atoms with van der Waals surface area (Å²) in [6.07, 6.45) is 4.35. The Morgan fingerprint density at radius 1 is 1.53 bits per heavy atom. The van der Waals surface area contributed by atoms with E-state index in [0.29, 0.717) is 5.92 Å². The first kappa shape index (κ1) is 12.5. The molecule has 0 spiro atoms. The van der Waals surface area contributed by atoms with Crippen LogP contribution in [0.1, 0.15) is 13.3 Å². The molecule has 0 aromatic rings. The third-order valence-electron chi connectivity index (χ3n) is 2.62. The van der Waals surface area contributed by atoms with Gasteiger partial charge in [-0.2, -0.15) is 0 Å². The molecule has 0 fully saturated rings. The number of hydrogen-bond donors (Lipinski definition) is 1. The molecule has 1 aliphatic carbocycles. The van der Waals surface area contributed by atoms with Crippen LogP contribution >= 0.6 is 0 Å². The molecule has 0 unspecified atom stereocenters. The summed E-state index contributed by atoms with van der Waals surface area (Å²) in [5.41, 5.74) is 0. The second-order valence-corrected chi connectivity index (χ2v) is 9.76. The second kappa shape index (κ2) is 4.54. The van der Waals surface area contributed by atoms with Crippen molar-refractivity contribution in [1.82, 2.24) is 0 Å². The number of allylic oxidation sites excluding steroid dienone is 1. The van der Waals surface area contributed by atoms with Gasteiger partial charge in [0.15, 0.2) is 0 Å². The maximum Gasteiger partial charge on any atom is 0.241 e. The summed E-state index contributed by atoms with van der Waals surface area (Å²) in [4.78, 5) is 0. The first-order valence-electron chi connectivity index (χ1n) is 5.55. The van der Waals surface area contributed by atoms with Crippen LogP contribution in [0.15, 0.2) is 24.5 Å². The Hall–Kier alpha value is -0.543. The molecule has 2 nitrogen and oxygen atoms in total. The van der Waals surface area contributed by atoms with Crippen LogP contribution in [-0.4, -0.2) is 19.5 Å². The largest absolute Gasteiger partial charge is 0.547 e. The Morgan fingerprint density at radius 2 is 2.13 bits per heavy atom. The van der Waals surface area contributed by atoms with Gasteiger partial charge in [0.2, 0.25) is 8.32 Å². The number of hydrogen-bond acceptors (Lipinski definition) is 2. The lowest BCUT2D eigenvalue weighted by molar-refractivity contribution is 0.127. The molecule has 0 amide bonds. The number of aliphatic hydroxyl groups is 1. The van der Waals surface area contributed by atoms with E-state index in [2.05, 4.69) is 33.1 Å². The smallest absolute Gasteiger partial charge is 0.241 e. The average molecular weight is 226 g/mol. The maximum absolute atomic E-state index is 9.78. The van der Waals surface area contributed by atoms with Crippen molar-refractivity contribution in [3.05, 3.63) is 24.5 Å². The van der Waals surface area contributed by atoms with Crippen molar-refractivity contribution >= 4 is 8.32 Å². The zero-order valence-corrected chi connectivity index (χ0v) is 11.2. The molecule has 0 saturated heterocycles. The molecule has 1 rings (SSSR count). The summed E-state index contributed by atoms with van der Waals surface area (Å²) in [6, 6.07) is 0. The van der Waals surface area contributed by atoms with E-state index in [1.807, 2.05) is 12.2 Å². The van der Waals surface area contributed by atoms with Crippen LogP contribution in [0.5, 0.6) is 0 Å². The highest BCUT2D eigenvalue weighted by atomic mass is 28.4. The van der Waals surface area contributed by atoms with E-state index in [4.69, 9.17) is 4.43 Å². The van der Waals surface area contributed by atoms with Crippen molar-refractivity contribution in [2.24, 2.45) is 11.8 Å². The van der Waals surface area contributed by atoms with Crippen LogP contribution in [0.4, 0.5) is 0 Å². The summed E-state index contributed by atoms with van der Waals surface area (Å²) in [5, 5.41) is 9.78. The normalized spacial score (nSPS) is 32.1. The summed E-state index contributed by atoms with van der Waals surface area (Å²) in [7, 11) is -1.58. The Kier molecular flexibility index (Phi) is 3.79. The second-order valence-electron chi connectivity index (χ2n) is 5.33. The first-order valence-corrected chi connectivity index (χ1v) is 8.95. The van der Waals surface area contributed by atoms with E-state index in [1.54, 1.807) is 0 Å². The molecule has 1 aliphatic rings. The number of aliphatic hydroxyl groups excluding tert-OH is 1. The van der Waals surface area contributed by atoms with Crippen molar-refractivity contribution in [3.8, 4) is 0 Å². The topological polar surface area (TPSA) is 29.5 Å². The zero-order chi connectivity index (χ0) is 11.6. The van der Waals surface area contributed by atoms with E-state index in [-0.39, 0.29) is 12.0 Å². The van der Waals surface area contributed by atoms with Crippen LogP contribution in [-0.2, 0) is 4.43 Å². The molecule has 0 heterocycles. The molecular weight excluding hydrogens is 204 g/mol. The Bertz CT molecular complexity index is 265. The molecule has 86 valence electrons. The molecule has 0 aromatic carbocycles. The standard InChI is InChI=1S/C12H22O2Si/c1-6-10-7-9(2)11(13)8-12(10)14-15(3,4)5/h6,8-11,13H,1,7H2,2-5H3/t9-,10+,11-/m1/s1. The van der Waals surface area contributed by atoms with Crippen molar-refractivity contribution in [1.29, 1.82) is 0 Å². The van der Waals surface area contributed by atoms with Gasteiger partial charge >= 0.3 is 0 Å². The summed E-state index contributed by atoms with van der Waals surface area (Å²) >= 11 is 0. The van der Waals surface area contributed by atoms with Gasteiger partial charge < -0.3 is 9.53 Å². The molecule has 1 N–H and O–H groups in total. The highest BCUT2D eigenvalue weighted by Crippen LogP contribution is 2.32. The highest BCUT2D eigenvalue weighted by Gasteiger charge is 2.29. The minimum atomic E-state index is -1.58. The Labute approximate surface area is 93.8 Å². The Morgan fingerprint density at radius 3 is 2.60 bits per heavy atom.